The average molecular weight is 262 g/mol. The van der Waals surface area contributed by atoms with E-state index in [0.29, 0.717) is 16.7 Å². The number of aryl methyl sites for hydroxylation is 1. The van der Waals surface area contributed by atoms with Crippen molar-refractivity contribution < 1.29 is 4.42 Å². The van der Waals surface area contributed by atoms with Crippen LogP contribution in [0.5, 0.6) is 0 Å². The molecule has 2 rings (SSSR count). The summed E-state index contributed by atoms with van der Waals surface area (Å²) in [6.07, 6.45) is 3.34. The lowest BCUT2D eigenvalue weighted by molar-refractivity contribution is 0.453. The zero-order chi connectivity index (χ0) is 13.1. The summed E-state index contributed by atoms with van der Waals surface area (Å²) in [6, 6.07) is 3.50. The average Bonchev–Trinajstić information content (AvgIpc) is 2.76. The van der Waals surface area contributed by atoms with E-state index < -0.39 is 0 Å². The van der Waals surface area contributed by atoms with E-state index in [0.717, 1.165) is 11.3 Å². The molecule has 1 atom stereocenters. The minimum Gasteiger partial charge on any atom is -0.444 e. The second kappa shape index (κ2) is 5.14. The Bertz CT molecular complexity index is 567. The number of anilines is 1. The number of thiocarbonyl (C=S) groups is 1. The van der Waals surface area contributed by atoms with Gasteiger partial charge in [-0.2, -0.15) is 0 Å². The molecule has 1 unspecified atom stereocenters. The van der Waals surface area contributed by atoms with E-state index >= 15 is 0 Å². The molecular formula is C12H14N4OS. The van der Waals surface area contributed by atoms with Crippen molar-refractivity contribution in [2.45, 2.75) is 19.9 Å². The number of nitrogens with two attached hydrogens (primary N) is 1. The lowest BCUT2D eigenvalue weighted by Gasteiger charge is -2.11. The highest BCUT2D eigenvalue weighted by Gasteiger charge is 2.11. The summed E-state index contributed by atoms with van der Waals surface area (Å²) in [4.78, 5) is 8.71. The van der Waals surface area contributed by atoms with Gasteiger partial charge in [0.2, 0.25) is 5.89 Å². The van der Waals surface area contributed by atoms with E-state index in [4.69, 9.17) is 22.4 Å². The van der Waals surface area contributed by atoms with Crippen LogP contribution in [0.25, 0.3) is 0 Å². The number of nitrogens with zero attached hydrogens (tertiary/aromatic N) is 2. The summed E-state index contributed by atoms with van der Waals surface area (Å²) in [5.74, 6) is 2.09. The van der Waals surface area contributed by atoms with Crippen LogP contribution in [-0.4, -0.2) is 15.0 Å². The summed E-state index contributed by atoms with van der Waals surface area (Å²) < 4.78 is 5.44. The molecular weight excluding hydrogens is 248 g/mol. The second-order valence-corrected chi connectivity index (χ2v) is 4.41. The molecule has 2 heterocycles. The highest BCUT2D eigenvalue weighted by atomic mass is 32.1. The monoisotopic (exact) mass is 262 g/mol. The highest BCUT2D eigenvalue weighted by Crippen LogP contribution is 2.18. The van der Waals surface area contributed by atoms with Gasteiger partial charge in [-0.3, -0.25) is 0 Å². The molecule has 94 valence electrons. The number of pyridine rings is 1. The largest absolute Gasteiger partial charge is 0.444 e. The summed E-state index contributed by atoms with van der Waals surface area (Å²) in [6.45, 7) is 3.80. The predicted octanol–water partition coefficient (Wildman–Crippen LogP) is 2.19. The fraction of sp³-hybridized carbons (Fsp3) is 0.250. The van der Waals surface area contributed by atoms with Gasteiger partial charge in [-0.25, -0.2) is 9.97 Å². The molecule has 0 radical (unpaired) electrons. The zero-order valence-electron chi connectivity index (χ0n) is 10.2. The van der Waals surface area contributed by atoms with Crippen molar-refractivity contribution in [2.24, 2.45) is 5.73 Å². The lowest BCUT2D eigenvalue weighted by Crippen LogP contribution is -2.12. The van der Waals surface area contributed by atoms with Crippen LogP contribution in [0.4, 0.5) is 5.82 Å². The minimum absolute atomic E-state index is 0.0761. The van der Waals surface area contributed by atoms with Gasteiger partial charge in [-0.05, 0) is 26.0 Å². The van der Waals surface area contributed by atoms with Crippen molar-refractivity contribution in [3.63, 3.8) is 0 Å². The molecule has 2 aromatic heterocycles. The molecule has 0 spiro atoms. The van der Waals surface area contributed by atoms with Crippen LogP contribution in [0.1, 0.15) is 30.2 Å². The number of oxazole rings is 1. The molecule has 0 saturated carbocycles. The van der Waals surface area contributed by atoms with Crippen molar-refractivity contribution in [1.29, 1.82) is 0 Å². The van der Waals surface area contributed by atoms with Crippen LogP contribution < -0.4 is 11.1 Å². The molecule has 0 aromatic carbocycles. The molecule has 6 heteroatoms. The Balaban J connectivity index is 2.14. The first-order valence-electron chi connectivity index (χ1n) is 5.51. The van der Waals surface area contributed by atoms with Gasteiger partial charge in [-0.1, -0.05) is 12.2 Å². The number of aromatic nitrogens is 2. The maximum atomic E-state index is 5.57. The van der Waals surface area contributed by atoms with Crippen LogP contribution in [0.15, 0.2) is 28.9 Å². The van der Waals surface area contributed by atoms with Crippen LogP contribution in [0.2, 0.25) is 0 Å². The van der Waals surface area contributed by atoms with E-state index in [2.05, 4.69) is 15.3 Å². The van der Waals surface area contributed by atoms with Crippen molar-refractivity contribution in [2.75, 3.05) is 5.32 Å². The predicted molar refractivity (Wildman–Crippen MR) is 73.4 cm³/mol. The molecule has 0 aliphatic carbocycles. The Labute approximate surface area is 110 Å². The van der Waals surface area contributed by atoms with Gasteiger partial charge in [0.05, 0.1) is 6.20 Å². The molecule has 5 nitrogen and oxygen atoms in total. The Morgan fingerprint density at radius 1 is 1.50 bits per heavy atom. The fourth-order valence-corrected chi connectivity index (χ4v) is 1.65. The number of hydrogen-bond acceptors (Lipinski definition) is 5. The smallest absolute Gasteiger partial charge is 0.216 e. The number of hydrogen-bond donors (Lipinski definition) is 2. The Hall–Kier alpha value is -1.95. The summed E-state index contributed by atoms with van der Waals surface area (Å²) in [5, 5.41) is 3.18. The maximum Gasteiger partial charge on any atom is 0.216 e. The molecule has 0 bridgehead atoms. The molecule has 2 aromatic rings. The summed E-state index contributed by atoms with van der Waals surface area (Å²) in [5.41, 5.74) is 6.35. The third-order valence-corrected chi connectivity index (χ3v) is 2.65. The standard InChI is InChI=1S/C12H14N4OS/c1-7-6-15-12(17-7)8(2)16-10-5-9(11(13)18)3-4-14-10/h3-6,8H,1-2H3,(H2,13,18)(H,14,16). The quantitative estimate of drug-likeness (QED) is 0.822. The topological polar surface area (TPSA) is 77.0 Å². The molecule has 0 fully saturated rings. The summed E-state index contributed by atoms with van der Waals surface area (Å²) >= 11 is 4.92. The van der Waals surface area contributed by atoms with E-state index in [1.165, 1.54) is 0 Å². The van der Waals surface area contributed by atoms with Gasteiger partial charge >= 0.3 is 0 Å². The Morgan fingerprint density at radius 3 is 2.89 bits per heavy atom. The van der Waals surface area contributed by atoms with Crippen LogP contribution in [0.3, 0.4) is 0 Å². The highest BCUT2D eigenvalue weighted by molar-refractivity contribution is 7.80. The molecule has 0 saturated heterocycles. The van der Waals surface area contributed by atoms with Gasteiger partial charge in [0.25, 0.3) is 0 Å². The normalized spacial score (nSPS) is 12.1. The molecule has 18 heavy (non-hydrogen) atoms. The first-order chi connectivity index (χ1) is 8.56. The maximum absolute atomic E-state index is 5.57. The third-order valence-electron chi connectivity index (χ3n) is 2.42. The Morgan fingerprint density at radius 2 is 2.28 bits per heavy atom. The molecule has 3 N–H and O–H groups in total. The van der Waals surface area contributed by atoms with Crippen LogP contribution >= 0.6 is 12.2 Å². The molecule has 0 amide bonds. The van der Waals surface area contributed by atoms with Gasteiger partial charge in [0, 0.05) is 11.8 Å². The van der Waals surface area contributed by atoms with E-state index in [1.54, 1.807) is 24.5 Å². The van der Waals surface area contributed by atoms with E-state index in [-0.39, 0.29) is 6.04 Å². The zero-order valence-corrected chi connectivity index (χ0v) is 11.0. The van der Waals surface area contributed by atoms with Gasteiger partial charge < -0.3 is 15.5 Å². The van der Waals surface area contributed by atoms with E-state index in [1.807, 2.05) is 13.8 Å². The van der Waals surface area contributed by atoms with Crippen molar-refractivity contribution in [1.82, 2.24) is 9.97 Å². The number of nitrogens with one attached hydrogen (secondary N) is 1. The van der Waals surface area contributed by atoms with Crippen molar-refractivity contribution >= 4 is 23.0 Å². The SMILES string of the molecule is Cc1cnc(C(C)Nc2cc(C(N)=S)ccn2)o1. The first kappa shape index (κ1) is 12.5. The van der Waals surface area contributed by atoms with Crippen molar-refractivity contribution in [3.05, 3.63) is 41.7 Å². The second-order valence-electron chi connectivity index (χ2n) is 3.97. The van der Waals surface area contributed by atoms with Gasteiger partial charge in [0.1, 0.15) is 22.6 Å². The van der Waals surface area contributed by atoms with Crippen LogP contribution in [0, 0.1) is 6.92 Å². The lowest BCUT2D eigenvalue weighted by atomic mass is 10.2. The van der Waals surface area contributed by atoms with Gasteiger partial charge in [-0.15, -0.1) is 0 Å². The molecule has 0 aliphatic heterocycles. The first-order valence-corrected chi connectivity index (χ1v) is 5.92. The minimum atomic E-state index is -0.0761. The fourth-order valence-electron chi connectivity index (χ4n) is 1.52. The number of rotatable bonds is 4. The molecule has 0 aliphatic rings. The van der Waals surface area contributed by atoms with Gasteiger partial charge in [0.15, 0.2) is 0 Å². The van der Waals surface area contributed by atoms with Crippen molar-refractivity contribution in [3.8, 4) is 0 Å². The Kier molecular flexibility index (Phi) is 3.57. The van der Waals surface area contributed by atoms with Crippen LogP contribution in [-0.2, 0) is 0 Å². The van der Waals surface area contributed by atoms with E-state index in [9.17, 15) is 0 Å². The third kappa shape index (κ3) is 2.84. The summed E-state index contributed by atoms with van der Waals surface area (Å²) in [7, 11) is 0.